The van der Waals surface area contributed by atoms with Crippen LogP contribution in [-0.2, 0) is 24.2 Å². The highest BCUT2D eigenvalue weighted by Crippen LogP contribution is 2.16. The second kappa shape index (κ2) is 8.77. The smallest absolute Gasteiger partial charge is 0.334 e. The number of benzene rings is 1. The summed E-state index contributed by atoms with van der Waals surface area (Å²) in [6, 6.07) is 9.98. The number of thiophene rings is 1. The molecule has 1 aromatic heterocycles. The van der Waals surface area contributed by atoms with Gasteiger partial charge in [0.25, 0.3) is 0 Å². The lowest BCUT2D eigenvalue weighted by Gasteiger charge is -2.08. The van der Waals surface area contributed by atoms with E-state index in [1.165, 1.54) is 30.6 Å². The molecule has 1 aromatic carbocycles. The first-order valence-corrected chi connectivity index (χ1v) is 10.2. The van der Waals surface area contributed by atoms with Gasteiger partial charge in [-0.05, 0) is 36.6 Å². The maximum Gasteiger partial charge on any atom is 0.334 e. The van der Waals surface area contributed by atoms with Crippen LogP contribution in [0.5, 0.6) is 0 Å². The SMILES string of the molecule is COC(=O)/C(=C/c1cccs1)CC(=O)NCS(=O)(=O)c1ccc(C)cc1. The number of aryl methyl sites for hydroxylation is 1. The zero-order valence-electron chi connectivity index (χ0n) is 14.4. The van der Waals surface area contributed by atoms with E-state index in [2.05, 4.69) is 10.1 Å². The van der Waals surface area contributed by atoms with Crippen LogP contribution in [0.2, 0.25) is 0 Å². The first-order chi connectivity index (χ1) is 12.3. The number of methoxy groups -OCH3 is 1. The second-order valence-electron chi connectivity index (χ2n) is 5.53. The molecule has 1 amide bonds. The summed E-state index contributed by atoms with van der Waals surface area (Å²) < 4.78 is 29.2. The first-order valence-electron chi connectivity index (χ1n) is 7.70. The van der Waals surface area contributed by atoms with Crippen molar-refractivity contribution in [3.63, 3.8) is 0 Å². The Morgan fingerprint density at radius 1 is 1.19 bits per heavy atom. The van der Waals surface area contributed by atoms with Crippen LogP contribution in [0.1, 0.15) is 16.9 Å². The molecule has 0 atom stereocenters. The maximum atomic E-state index is 12.3. The van der Waals surface area contributed by atoms with Gasteiger partial charge in [0.05, 0.1) is 18.4 Å². The molecule has 1 heterocycles. The molecule has 0 aliphatic carbocycles. The molecule has 0 spiro atoms. The molecule has 8 heteroatoms. The summed E-state index contributed by atoms with van der Waals surface area (Å²) in [4.78, 5) is 24.9. The average Bonchev–Trinajstić information content (AvgIpc) is 3.12. The van der Waals surface area contributed by atoms with Gasteiger partial charge in [-0.2, -0.15) is 0 Å². The van der Waals surface area contributed by atoms with Crippen molar-refractivity contribution in [1.29, 1.82) is 0 Å². The van der Waals surface area contributed by atoms with Gasteiger partial charge in [0.15, 0.2) is 9.84 Å². The zero-order valence-corrected chi connectivity index (χ0v) is 16.0. The van der Waals surface area contributed by atoms with Gasteiger partial charge in [-0.3, -0.25) is 4.79 Å². The van der Waals surface area contributed by atoms with Crippen LogP contribution in [0.3, 0.4) is 0 Å². The lowest BCUT2D eigenvalue weighted by molar-refractivity contribution is -0.137. The third kappa shape index (κ3) is 5.53. The van der Waals surface area contributed by atoms with E-state index in [-0.39, 0.29) is 16.9 Å². The van der Waals surface area contributed by atoms with Gasteiger partial charge in [-0.1, -0.05) is 23.8 Å². The molecule has 0 unspecified atom stereocenters. The van der Waals surface area contributed by atoms with E-state index in [0.717, 1.165) is 10.4 Å². The van der Waals surface area contributed by atoms with Crippen LogP contribution < -0.4 is 5.32 Å². The third-order valence-electron chi connectivity index (χ3n) is 3.50. The molecule has 0 aliphatic heterocycles. The number of amides is 1. The van der Waals surface area contributed by atoms with E-state index in [1.54, 1.807) is 24.3 Å². The lowest BCUT2D eigenvalue weighted by atomic mass is 10.1. The van der Waals surface area contributed by atoms with E-state index in [1.807, 2.05) is 18.4 Å². The summed E-state index contributed by atoms with van der Waals surface area (Å²) >= 11 is 1.41. The van der Waals surface area contributed by atoms with Gasteiger partial charge in [-0.25, -0.2) is 13.2 Å². The van der Waals surface area contributed by atoms with Crippen molar-refractivity contribution in [2.45, 2.75) is 18.2 Å². The molecule has 2 aromatic rings. The van der Waals surface area contributed by atoms with E-state index < -0.39 is 27.6 Å². The molecule has 0 radical (unpaired) electrons. The van der Waals surface area contributed by atoms with Crippen LogP contribution in [0.15, 0.2) is 52.2 Å². The molecule has 1 N–H and O–H groups in total. The van der Waals surface area contributed by atoms with Crippen LogP contribution in [0.4, 0.5) is 0 Å². The van der Waals surface area contributed by atoms with Gasteiger partial charge >= 0.3 is 5.97 Å². The molecule has 0 fully saturated rings. The van der Waals surface area contributed by atoms with E-state index in [0.29, 0.717) is 0 Å². The number of rotatable bonds is 7. The highest BCUT2D eigenvalue weighted by Gasteiger charge is 2.18. The zero-order chi connectivity index (χ0) is 19.2. The summed E-state index contributed by atoms with van der Waals surface area (Å²) in [6.45, 7) is 1.85. The Balaban J connectivity index is 2.04. The fourth-order valence-electron chi connectivity index (χ4n) is 2.10. The monoisotopic (exact) mass is 393 g/mol. The molecular formula is C18H19NO5S2. The number of carbonyl (C=O) groups is 2. The Hall–Kier alpha value is -2.45. The quantitative estimate of drug-likeness (QED) is 0.577. The van der Waals surface area contributed by atoms with Crippen LogP contribution in [0, 0.1) is 6.92 Å². The number of carbonyl (C=O) groups excluding carboxylic acids is 2. The predicted molar refractivity (Wildman–Crippen MR) is 100 cm³/mol. The normalized spacial score (nSPS) is 11.8. The van der Waals surface area contributed by atoms with Gasteiger partial charge in [0.2, 0.25) is 5.91 Å². The summed E-state index contributed by atoms with van der Waals surface area (Å²) in [5, 5.41) is 4.20. The Labute approximate surface area is 156 Å². The minimum absolute atomic E-state index is 0.130. The highest BCUT2D eigenvalue weighted by molar-refractivity contribution is 7.91. The summed E-state index contributed by atoms with van der Waals surface area (Å²) in [5.74, 6) is -1.74. The highest BCUT2D eigenvalue weighted by atomic mass is 32.2. The van der Waals surface area contributed by atoms with E-state index in [4.69, 9.17) is 0 Å². The Morgan fingerprint density at radius 3 is 2.46 bits per heavy atom. The van der Waals surface area contributed by atoms with Crippen LogP contribution in [0.25, 0.3) is 6.08 Å². The number of nitrogens with one attached hydrogen (secondary N) is 1. The minimum Gasteiger partial charge on any atom is -0.466 e. The van der Waals surface area contributed by atoms with Gasteiger partial charge in [-0.15, -0.1) is 11.3 Å². The van der Waals surface area contributed by atoms with E-state index >= 15 is 0 Å². The maximum absolute atomic E-state index is 12.3. The van der Waals surface area contributed by atoms with Crippen molar-refractivity contribution in [3.8, 4) is 0 Å². The fourth-order valence-corrected chi connectivity index (χ4v) is 3.85. The predicted octanol–water partition coefficient (Wildman–Crippen LogP) is 2.55. The topological polar surface area (TPSA) is 89.5 Å². The lowest BCUT2D eigenvalue weighted by Crippen LogP contribution is -2.30. The second-order valence-corrected chi connectivity index (χ2v) is 8.49. The third-order valence-corrected chi connectivity index (χ3v) is 5.83. The summed E-state index contributed by atoms with van der Waals surface area (Å²) in [5.41, 5.74) is 1.09. The minimum atomic E-state index is -3.65. The summed E-state index contributed by atoms with van der Waals surface area (Å²) in [6.07, 6.45) is 1.29. The molecule has 138 valence electrons. The van der Waals surface area contributed by atoms with Crippen molar-refractivity contribution in [3.05, 3.63) is 57.8 Å². The molecule has 6 nitrogen and oxygen atoms in total. The number of hydrogen-bond acceptors (Lipinski definition) is 6. The van der Waals surface area contributed by atoms with Gasteiger partial charge in [0.1, 0.15) is 5.88 Å². The van der Waals surface area contributed by atoms with Crippen LogP contribution >= 0.6 is 11.3 Å². The molecule has 2 rings (SSSR count). The van der Waals surface area contributed by atoms with Crippen LogP contribution in [-0.4, -0.2) is 33.3 Å². The van der Waals surface area contributed by atoms with Crippen molar-refractivity contribution >= 4 is 39.1 Å². The number of hydrogen-bond donors (Lipinski definition) is 1. The molecule has 0 saturated heterocycles. The fraction of sp³-hybridized carbons (Fsp3) is 0.222. The standard InChI is InChI=1S/C18H19NO5S2/c1-13-5-7-16(8-6-13)26(22,23)12-19-17(20)11-14(18(21)24-2)10-15-4-3-9-25-15/h3-10H,11-12H2,1-2H3,(H,19,20)/b14-10+. The Kier molecular flexibility index (Phi) is 6.70. The average molecular weight is 393 g/mol. The molecule has 0 saturated carbocycles. The molecular weight excluding hydrogens is 374 g/mol. The van der Waals surface area contributed by atoms with Crippen molar-refractivity contribution < 1.29 is 22.7 Å². The van der Waals surface area contributed by atoms with Crippen molar-refractivity contribution in [2.75, 3.05) is 13.0 Å². The van der Waals surface area contributed by atoms with Gasteiger partial charge < -0.3 is 10.1 Å². The number of sulfone groups is 1. The Bertz CT molecular complexity index is 898. The number of esters is 1. The van der Waals surface area contributed by atoms with E-state index in [9.17, 15) is 18.0 Å². The first kappa shape index (κ1) is 19.9. The molecule has 0 bridgehead atoms. The Morgan fingerprint density at radius 2 is 1.88 bits per heavy atom. The largest absolute Gasteiger partial charge is 0.466 e. The number of ether oxygens (including phenoxy) is 1. The van der Waals surface area contributed by atoms with Crippen molar-refractivity contribution in [1.82, 2.24) is 5.32 Å². The van der Waals surface area contributed by atoms with Crippen molar-refractivity contribution in [2.24, 2.45) is 0 Å². The van der Waals surface area contributed by atoms with Gasteiger partial charge in [0, 0.05) is 10.5 Å². The summed E-state index contributed by atoms with van der Waals surface area (Å²) in [7, 11) is -2.42. The molecule has 26 heavy (non-hydrogen) atoms. The molecule has 0 aliphatic rings.